The highest BCUT2D eigenvalue weighted by atomic mass is 15.5. The van der Waals surface area contributed by atoms with Gasteiger partial charge in [0.15, 0.2) is 0 Å². The van der Waals surface area contributed by atoms with Crippen LogP contribution in [0.5, 0.6) is 0 Å². The Balaban J connectivity index is 2.35. The molecule has 0 amide bonds. The summed E-state index contributed by atoms with van der Waals surface area (Å²) in [7, 11) is 0. The van der Waals surface area contributed by atoms with E-state index in [2.05, 4.69) is 55.1 Å². The van der Waals surface area contributed by atoms with Crippen molar-refractivity contribution >= 4 is 11.4 Å². The molecule has 0 N–H and O–H groups in total. The highest BCUT2D eigenvalue weighted by molar-refractivity contribution is 5.87. The lowest BCUT2D eigenvalue weighted by molar-refractivity contribution is 0.516. The number of anilines is 1. The molecular weight excluding hydrogens is 172 g/mol. The van der Waals surface area contributed by atoms with Crippen LogP contribution in [0.25, 0.3) is 0 Å². The molecule has 0 saturated heterocycles. The van der Waals surface area contributed by atoms with Crippen LogP contribution in [0, 0.1) is 0 Å². The number of hydrogen-bond acceptors (Lipinski definition) is 2. The zero-order chi connectivity index (χ0) is 10.2. The Morgan fingerprint density at radius 1 is 1.21 bits per heavy atom. The quantitative estimate of drug-likeness (QED) is 0.661. The van der Waals surface area contributed by atoms with Gasteiger partial charge in [0.25, 0.3) is 0 Å². The molecule has 2 heteroatoms. The van der Waals surface area contributed by atoms with Crippen molar-refractivity contribution in [2.24, 2.45) is 5.10 Å². The van der Waals surface area contributed by atoms with Crippen molar-refractivity contribution in [2.45, 2.75) is 32.7 Å². The van der Waals surface area contributed by atoms with Gasteiger partial charge in [0.1, 0.15) is 0 Å². The minimum atomic E-state index is 0.117. The maximum Gasteiger partial charge on any atom is 0.0631 e. The van der Waals surface area contributed by atoms with E-state index in [4.69, 9.17) is 0 Å². The number of benzene rings is 1. The third-order valence-electron chi connectivity index (χ3n) is 2.53. The number of hydrazone groups is 1. The van der Waals surface area contributed by atoms with Crippen molar-refractivity contribution in [2.75, 3.05) is 5.01 Å². The zero-order valence-electron chi connectivity index (χ0n) is 8.99. The van der Waals surface area contributed by atoms with E-state index < -0.39 is 0 Å². The van der Waals surface area contributed by atoms with Crippen molar-refractivity contribution in [1.82, 2.24) is 0 Å². The van der Waals surface area contributed by atoms with Gasteiger partial charge >= 0.3 is 0 Å². The Bertz CT molecular complexity index is 352. The van der Waals surface area contributed by atoms with E-state index in [9.17, 15) is 0 Å². The summed E-state index contributed by atoms with van der Waals surface area (Å²) in [5.41, 5.74) is 2.50. The second-order valence-corrected chi connectivity index (χ2v) is 4.47. The molecule has 2 rings (SSSR count). The van der Waals surface area contributed by atoms with E-state index >= 15 is 0 Å². The minimum Gasteiger partial charge on any atom is -0.260 e. The summed E-state index contributed by atoms with van der Waals surface area (Å²) in [6.45, 7) is 6.53. The normalized spacial score (nSPS) is 19.6. The van der Waals surface area contributed by atoms with Crippen LogP contribution in [0.2, 0.25) is 0 Å². The van der Waals surface area contributed by atoms with Crippen molar-refractivity contribution in [3.05, 3.63) is 30.3 Å². The Morgan fingerprint density at radius 2 is 1.86 bits per heavy atom. The molecule has 0 radical (unpaired) electrons. The average molecular weight is 188 g/mol. The van der Waals surface area contributed by atoms with Crippen molar-refractivity contribution < 1.29 is 0 Å². The minimum absolute atomic E-state index is 0.117. The molecule has 14 heavy (non-hydrogen) atoms. The largest absolute Gasteiger partial charge is 0.260 e. The van der Waals surface area contributed by atoms with Gasteiger partial charge in [-0.1, -0.05) is 18.2 Å². The topological polar surface area (TPSA) is 15.6 Å². The third-order valence-corrected chi connectivity index (χ3v) is 2.53. The van der Waals surface area contributed by atoms with Gasteiger partial charge in [0.05, 0.1) is 11.2 Å². The first-order chi connectivity index (χ1) is 6.59. The summed E-state index contributed by atoms with van der Waals surface area (Å²) in [4.78, 5) is 0. The summed E-state index contributed by atoms with van der Waals surface area (Å²) < 4.78 is 0. The molecule has 0 aliphatic carbocycles. The van der Waals surface area contributed by atoms with Crippen molar-refractivity contribution in [1.29, 1.82) is 0 Å². The molecule has 2 nitrogen and oxygen atoms in total. The van der Waals surface area contributed by atoms with Gasteiger partial charge in [-0.15, -0.1) is 0 Å². The number of para-hydroxylation sites is 1. The second-order valence-electron chi connectivity index (χ2n) is 4.47. The van der Waals surface area contributed by atoms with Crippen LogP contribution in [0.15, 0.2) is 35.4 Å². The highest BCUT2D eigenvalue weighted by Gasteiger charge is 2.32. The second kappa shape index (κ2) is 3.12. The molecule has 74 valence electrons. The SMILES string of the molecule is CC1=NN(c2ccccc2)C(C)(C)C1. The van der Waals surface area contributed by atoms with Gasteiger partial charge in [-0.2, -0.15) is 5.10 Å². The van der Waals surface area contributed by atoms with E-state index in [1.165, 1.54) is 11.4 Å². The van der Waals surface area contributed by atoms with Gasteiger partial charge in [-0.3, -0.25) is 5.01 Å². The van der Waals surface area contributed by atoms with Crippen LogP contribution in [0.1, 0.15) is 27.2 Å². The molecule has 0 atom stereocenters. The monoisotopic (exact) mass is 188 g/mol. The van der Waals surface area contributed by atoms with Crippen LogP contribution in [0.3, 0.4) is 0 Å². The fourth-order valence-electron chi connectivity index (χ4n) is 2.02. The number of nitrogens with zero attached hydrogens (tertiary/aromatic N) is 2. The van der Waals surface area contributed by atoms with E-state index in [1.807, 2.05) is 6.07 Å². The molecule has 1 aliphatic rings. The molecule has 0 saturated carbocycles. The summed E-state index contributed by atoms with van der Waals surface area (Å²) in [6.07, 6.45) is 1.04. The van der Waals surface area contributed by atoms with Crippen LogP contribution < -0.4 is 5.01 Å². The fraction of sp³-hybridized carbons (Fsp3) is 0.417. The lowest BCUT2D eigenvalue weighted by Gasteiger charge is -2.30. The maximum absolute atomic E-state index is 4.56. The fourth-order valence-corrected chi connectivity index (χ4v) is 2.02. The standard InChI is InChI=1S/C12H16N2/c1-10-9-12(2,3)14(13-10)11-7-5-4-6-8-11/h4-8H,9H2,1-3H3. The first kappa shape index (κ1) is 9.25. The van der Waals surface area contributed by atoms with Gasteiger partial charge in [-0.25, -0.2) is 0 Å². The summed E-state index contributed by atoms with van der Waals surface area (Å²) in [6, 6.07) is 10.3. The zero-order valence-corrected chi connectivity index (χ0v) is 8.99. The third kappa shape index (κ3) is 1.52. The average Bonchev–Trinajstić information content (AvgIpc) is 2.41. The smallest absolute Gasteiger partial charge is 0.0631 e. The van der Waals surface area contributed by atoms with Crippen molar-refractivity contribution in [3.63, 3.8) is 0 Å². The van der Waals surface area contributed by atoms with Gasteiger partial charge in [0.2, 0.25) is 0 Å². The lowest BCUT2D eigenvalue weighted by atomic mass is 9.98. The molecule has 1 aromatic carbocycles. The van der Waals surface area contributed by atoms with Crippen LogP contribution in [-0.4, -0.2) is 11.3 Å². The van der Waals surface area contributed by atoms with E-state index in [1.54, 1.807) is 0 Å². The molecule has 0 fully saturated rings. The van der Waals surface area contributed by atoms with E-state index in [-0.39, 0.29) is 5.54 Å². The Hall–Kier alpha value is -1.31. The first-order valence-electron chi connectivity index (χ1n) is 4.99. The Morgan fingerprint density at radius 3 is 2.36 bits per heavy atom. The molecule has 0 spiro atoms. The summed E-state index contributed by atoms with van der Waals surface area (Å²) in [5.74, 6) is 0. The van der Waals surface area contributed by atoms with Crippen molar-refractivity contribution in [3.8, 4) is 0 Å². The predicted octanol–water partition coefficient (Wildman–Crippen LogP) is 3.05. The van der Waals surface area contributed by atoms with Gasteiger partial charge in [-0.05, 0) is 32.9 Å². The molecule has 0 aromatic heterocycles. The lowest BCUT2D eigenvalue weighted by Crippen LogP contribution is -2.36. The predicted molar refractivity (Wildman–Crippen MR) is 60.7 cm³/mol. The van der Waals surface area contributed by atoms with E-state index in [0.717, 1.165) is 6.42 Å². The molecule has 1 aliphatic heterocycles. The summed E-state index contributed by atoms with van der Waals surface area (Å²) >= 11 is 0. The molecule has 0 bridgehead atoms. The number of hydrogen-bond donors (Lipinski definition) is 0. The number of rotatable bonds is 1. The Kier molecular flexibility index (Phi) is 2.06. The molecule has 0 unspecified atom stereocenters. The molecule has 1 heterocycles. The Labute approximate surface area is 85.2 Å². The summed E-state index contributed by atoms with van der Waals surface area (Å²) in [5, 5.41) is 6.67. The van der Waals surface area contributed by atoms with Crippen LogP contribution in [-0.2, 0) is 0 Å². The molecular formula is C12H16N2. The van der Waals surface area contributed by atoms with Gasteiger partial charge in [0, 0.05) is 12.1 Å². The maximum atomic E-state index is 4.56. The first-order valence-corrected chi connectivity index (χ1v) is 4.99. The highest BCUT2D eigenvalue weighted by Crippen LogP contribution is 2.31. The molecule has 1 aromatic rings. The van der Waals surface area contributed by atoms with Gasteiger partial charge < -0.3 is 0 Å². The van der Waals surface area contributed by atoms with Crippen LogP contribution in [0.4, 0.5) is 5.69 Å². The van der Waals surface area contributed by atoms with Crippen LogP contribution >= 0.6 is 0 Å². The van der Waals surface area contributed by atoms with E-state index in [0.29, 0.717) is 0 Å².